The number of phosphoric acid groups is 1. The molecular weight excluding hydrogens is 781 g/mol. The lowest BCUT2D eigenvalue weighted by molar-refractivity contribution is -0.161. The molecule has 0 aromatic heterocycles. The van der Waals surface area contributed by atoms with Crippen LogP contribution < -0.4 is 5.73 Å². The summed E-state index contributed by atoms with van der Waals surface area (Å²) in [6.07, 6.45) is 46.6. The van der Waals surface area contributed by atoms with Gasteiger partial charge in [0.1, 0.15) is 12.6 Å². The van der Waals surface area contributed by atoms with E-state index in [2.05, 4.69) is 42.7 Å². The van der Waals surface area contributed by atoms with Crippen molar-refractivity contribution in [3.63, 3.8) is 0 Å². The second-order valence-electron chi connectivity index (χ2n) is 16.6. The van der Waals surface area contributed by atoms with E-state index in [1.165, 1.54) is 141 Å². The molecule has 0 fully saturated rings. The summed E-state index contributed by atoms with van der Waals surface area (Å²) in [7, 11) is -4.72. The molecule has 0 aromatic carbocycles. The fraction of sp³-hybridized carbons (Fsp3) is 0.854. The van der Waals surface area contributed by atoms with Crippen LogP contribution in [0.4, 0.5) is 0 Å². The van der Waals surface area contributed by atoms with Crippen molar-refractivity contribution in [2.45, 2.75) is 244 Å². The molecule has 0 spiro atoms. The van der Waals surface area contributed by atoms with Crippen molar-refractivity contribution in [3.8, 4) is 0 Å². The zero-order valence-corrected chi connectivity index (χ0v) is 39.2. The molecule has 0 aliphatic heterocycles. The van der Waals surface area contributed by atoms with E-state index in [0.29, 0.717) is 12.8 Å². The zero-order chi connectivity index (χ0) is 44.2. The Kier molecular flexibility index (Phi) is 42.1. The van der Waals surface area contributed by atoms with Gasteiger partial charge in [0.15, 0.2) is 6.10 Å². The molecule has 0 amide bonds. The first-order valence-electron chi connectivity index (χ1n) is 24.4. The van der Waals surface area contributed by atoms with Gasteiger partial charge in [-0.3, -0.25) is 23.4 Å². The van der Waals surface area contributed by atoms with Crippen LogP contribution in [0.15, 0.2) is 24.3 Å². The molecule has 352 valence electrons. The average Bonchev–Trinajstić information content (AvgIpc) is 3.22. The van der Waals surface area contributed by atoms with Gasteiger partial charge in [0.05, 0.1) is 13.2 Å². The van der Waals surface area contributed by atoms with E-state index in [9.17, 15) is 23.8 Å². The van der Waals surface area contributed by atoms with Crippen LogP contribution in [0.2, 0.25) is 0 Å². The Balaban J connectivity index is 4.27. The van der Waals surface area contributed by atoms with Crippen molar-refractivity contribution in [3.05, 3.63) is 24.3 Å². The summed E-state index contributed by atoms with van der Waals surface area (Å²) in [5.41, 5.74) is 5.35. The number of nitrogens with two attached hydrogens (primary N) is 1. The second kappa shape index (κ2) is 43.6. The lowest BCUT2D eigenvalue weighted by Gasteiger charge is -2.20. The van der Waals surface area contributed by atoms with Crippen LogP contribution in [0.5, 0.6) is 0 Å². The first-order valence-corrected chi connectivity index (χ1v) is 25.9. The second-order valence-corrected chi connectivity index (χ2v) is 18.1. The van der Waals surface area contributed by atoms with Crippen LogP contribution in [-0.4, -0.2) is 59.9 Å². The summed E-state index contributed by atoms with van der Waals surface area (Å²) in [6.45, 7) is 2.81. The standard InChI is InChI=1S/C48H90NO10P/c1-3-5-7-9-11-13-15-17-19-21-22-24-26-28-30-32-34-36-38-40-47(51)59-44(42-57-60(54,55)58-43-45(49)48(52)53)41-56-46(50)39-37-35-33-31-29-27-25-23-20-18-16-14-12-10-8-6-4-2/h12,14,18,20,44-45H,3-11,13,15-17,19,21-43,49H2,1-2H3,(H,52,53)(H,54,55)/b14-12-,20-18-/t44-,45+/m1/s1. The fourth-order valence-corrected chi connectivity index (χ4v) is 7.64. The van der Waals surface area contributed by atoms with E-state index in [1.54, 1.807) is 0 Å². The van der Waals surface area contributed by atoms with Crippen molar-refractivity contribution in [1.82, 2.24) is 0 Å². The van der Waals surface area contributed by atoms with Crippen molar-refractivity contribution in [2.24, 2.45) is 5.73 Å². The Labute approximate surface area is 366 Å². The quantitative estimate of drug-likeness (QED) is 0.0230. The molecule has 0 rings (SSSR count). The van der Waals surface area contributed by atoms with Gasteiger partial charge in [0.2, 0.25) is 0 Å². The maximum Gasteiger partial charge on any atom is 0.472 e. The van der Waals surface area contributed by atoms with Crippen LogP contribution in [0.25, 0.3) is 0 Å². The minimum Gasteiger partial charge on any atom is -0.480 e. The van der Waals surface area contributed by atoms with Crippen molar-refractivity contribution in [2.75, 3.05) is 19.8 Å². The van der Waals surface area contributed by atoms with Gasteiger partial charge < -0.3 is 25.2 Å². The fourth-order valence-electron chi connectivity index (χ4n) is 6.86. The molecule has 0 saturated heterocycles. The summed E-state index contributed by atoms with van der Waals surface area (Å²) in [5, 5.41) is 8.91. The van der Waals surface area contributed by atoms with Gasteiger partial charge in [-0.05, 0) is 44.9 Å². The molecule has 60 heavy (non-hydrogen) atoms. The zero-order valence-electron chi connectivity index (χ0n) is 38.3. The van der Waals surface area contributed by atoms with E-state index in [0.717, 1.165) is 51.4 Å². The number of hydrogen-bond acceptors (Lipinski definition) is 9. The number of carbonyl (C=O) groups is 3. The topological polar surface area (TPSA) is 172 Å². The van der Waals surface area contributed by atoms with Gasteiger partial charge in [-0.2, -0.15) is 0 Å². The van der Waals surface area contributed by atoms with Crippen LogP contribution in [0.1, 0.15) is 232 Å². The molecule has 0 radical (unpaired) electrons. The number of carboxylic acid groups (broad SMARTS) is 1. The maximum atomic E-state index is 12.7. The highest BCUT2D eigenvalue weighted by Crippen LogP contribution is 2.43. The Bertz CT molecular complexity index is 1120. The van der Waals surface area contributed by atoms with E-state index in [4.69, 9.17) is 24.8 Å². The van der Waals surface area contributed by atoms with Gasteiger partial charge >= 0.3 is 25.7 Å². The molecule has 0 aliphatic rings. The lowest BCUT2D eigenvalue weighted by Crippen LogP contribution is -2.34. The maximum absolute atomic E-state index is 12.7. The number of carbonyl (C=O) groups excluding carboxylic acids is 2. The number of unbranched alkanes of at least 4 members (excludes halogenated alkanes) is 28. The van der Waals surface area contributed by atoms with Crippen LogP contribution in [0, 0.1) is 0 Å². The predicted molar refractivity (Wildman–Crippen MR) is 245 cm³/mol. The summed E-state index contributed by atoms with van der Waals surface area (Å²) in [6, 6.07) is -1.52. The van der Waals surface area contributed by atoms with Gasteiger partial charge in [0, 0.05) is 12.8 Å². The molecule has 1 unspecified atom stereocenters. The molecule has 0 aliphatic carbocycles. The van der Waals surface area contributed by atoms with Crippen LogP contribution in [0.3, 0.4) is 0 Å². The van der Waals surface area contributed by atoms with Gasteiger partial charge in [-0.25, -0.2) is 4.57 Å². The minimum absolute atomic E-state index is 0.164. The number of ether oxygens (including phenoxy) is 2. The van der Waals surface area contributed by atoms with Gasteiger partial charge in [0.25, 0.3) is 0 Å². The number of hydrogen-bond donors (Lipinski definition) is 3. The summed E-state index contributed by atoms with van der Waals surface area (Å²) in [5.74, 6) is -2.37. The van der Waals surface area contributed by atoms with Crippen molar-refractivity contribution in [1.29, 1.82) is 0 Å². The monoisotopic (exact) mass is 872 g/mol. The predicted octanol–water partition coefficient (Wildman–Crippen LogP) is 13.4. The minimum atomic E-state index is -4.72. The first-order chi connectivity index (χ1) is 29.1. The lowest BCUT2D eigenvalue weighted by atomic mass is 10.0. The van der Waals surface area contributed by atoms with Crippen molar-refractivity contribution >= 4 is 25.7 Å². The number of esters is 2. The largest absolute Gasteiger partial charge is 0.480 e. The number of allylic oxidation sites excluding steroid dienone is 4. The Morgan fingerprint density at radius 2 is 0.883 bits per heavy atom. The third-order valence-corrected chi connectivity index (χ3v) is 11.7. The molecule has 0 heterocycles. The van der Waals surface area contributed by atoms with Gasteiger partial charge in [-0.15, -0.1) is 0 Å². The highest BCUT2D eigenvalue weighted by Gasteiger charge is 2.28. The first kappa shape index (κ1) is 58.0. The Hall–Kier alpha value is -2.04. The third-order valence-electron chi connectivity index (χ3n) is 10.7. The highest BCUT2D eigenvalue weighted by molar-refractivity contribution is 7.47. The van der Waals surface area contributed by atoms with Crippen LogP contribution >= 0.6 is 7.82 Å². The molecule has 4 N–H and O–H groups in total. The number of rotatable bonds is 46. The summed E-state index contributed by atoms with van der Waals surface area (Å²) >= 11 is 0. The Morgan fingerprint density at radius 1 is 0.517 bits per heavy atom. The van der Waals surface area contributed by atoms with E-state index in [-0.39, 0.29) is 19.4 Å². The molecule has 11 nitrogen and oxygen atoms in total. The molecule has 0 aromatic rings. The SMILES string of the molecule is CCCCC/C=C\C/C=C\CCCCCCCCCC(=O)OC[C@H](COP(=O)(O)OC[C@H](N)C(=O)O)OC(=O)CCCCCCCCCCCCCCCCCCCCC. The summed E-state index contributed by atoms with van der Waals surface area (Å²) in [4.78, 5) is 46.1. The smallest absolute Gasteiger partial charge is 0.472 e. The molecule has 0 saturated carbocycles. The Morgan fingerprint density at radius 3 is 1.33 bits per heavy atom. The number of carboxylic acids is 1. The molecule has 0 bridgehead atoms. The molecular formula is C48H90NO10P. The number of aliphatic carboxylic acids is 1. The third kappa shape index (κ3) is 42.6. The molecule has 3 atom stereocenters. The molecule has 12 heteroatoms. The van der Waals surface area contributed by atoms with E-state index in [1.807, 2.05) is 0 Å². The van der Waals surface area contributed by atoms with Crippen molar-refractivity contribution < 1.29 is 47.5 Å². The summed E-state index contributed by atoms with van der Waals surface area (Å²) < 4.78 is 32.8. The van der Waals surface area contributed by atoms with E-state index < -0.39 is 51.1 Å². The average molecular weight is 872 g/mol. The van der Waals surface area contributed by atoms with E-state index >= 15 is 0 Å². The number of phosphoric ester groups is 1. The highest BCUT2D eigenvalue weighted by atomic mass is 31.2. The normalized spacial score (nSPS) is 13.8. The van der Waals surface area contributed by atoms with Crippen LogP contribution in [-0.2, 0) is 37.5 Å². The van der Waals surface area contributed by atoms with Gasteiger partial charge in [-0.1, -0.05) is 199 Å².